The van der Waals surface area contributed by atoms with Crippen molar-refractivity contribution in [2.45, 2.75) is 71.4 Å². The number of aliphatic imine (C=N–C) groups is 1. The van der Waals surface area contributed by atoms with E-state index in [4.69, 9.17) is 37.9 Å². The second kappa shape index (κ2) is 16.6. The Morgan fingerprint density at radius 2 is 1.80 bits per heavy atom. The number of carbonyl (C=O) groups excluding carboxylic acids is 1. The number of amides is 2. The van der Waals surface area contributed by atoms with E-state index in [-0.39, 0.29) is 23.0 Å². The van der Waals surface area contributed by atoms with E-state index in [1.165, 1.54) is 6.42 Å². The molecule has 2 heterocycles. The zero-order valence-corrected chi connectivity index (χ0v) is 31.2. The van der Waals surface area contributed by atoms with Crippen LogP contribution < -0.4 is 26.6 Å². The summed E-state index contributed by atoms with van der Waals surface area (Å²) in [4.78, 5) is 22.5. The summed E-state index contributed by atoms with van der Waals surface area (Å²) >= 11 is 6.50. The summed E-state index contributed by atoms with van der Waals surface area (Å²) in [6, 6.07) is 16.4. The van der Waals surface area contributed by atoms with E-state index in [2.05, 4.69) is 15.5 Å². The number of urea groups is 1. The van der Waals surface area contributed by atoms with Crippen molar-refractivity contribution in [3.8, 4) is 5.75 Å². The molecular weight excluding hydrogens is 662 g/mol. The Balaban J connectivity index is 1.33. The lowest BCUT2D eigenvalue weighted by Crippen LogP contribution is -2.43. The van der Waals surface area contributed by atoms with Gasteiger partial charge in [0.25, 0.3) is 0 Å². The van der Waals surface area contributed by atoms with Gasteiger partial charge in [-0.1, -0.05) is 56.6 Å². The van der Waals surface area contributed by atoms with Gasteiger partial charge in [0.05, 0.1) is 17.9 Å². The van der Waals surface area contributed by atoms with Gasteiger partial charge in [-0.3, -0.25) is 20.7 Å². The summed E-state index contributed by atoms with van der Waals surface area (Å²) in [5.41, 5.74) is 10.5. The minimum atomic E-state index is -0.393. The number of likely N-dealkylation sites (tertiary alicyclic amines) is 1. The van der Waals surface area contributed by atoms with Crippen LogP contribution in [0.4, 0.5) is 10.5 Å². The molecule has 0 radical (unpaired) electrons. The molecule has 0 unspecified atom stereocenters. The Kier molecular flexibility index (Phi) is 12.3. The third-order valence-electron chi connectivity index (χ3n) is 9.33. The van der Waals surface area contributed by atoms with Crippen molar-refractivity contribution in [1.82, 2.24) is 25.0 Å². The highest BCUT2D eigenvalue weighted by atomic mass is 35.5. The van der Waals surface area contributed by atoms with Crippen LogP contribution in [0.25, 0.3) is 0 Å². The molecule has 2 amide bonds. The average Bonchev–Trinajstić information content (AvgIpc) is 3.09. The van der Waals surface area contributed by atoms with Gasteiger partial charge in [0.2, 0.25) is 5.96 Å². The molecule has 2 aliphatic rings. The number of likely N-dealkylation sites (N-methyl/N-ethyl adjacent to an activating group) is 1. The van der Waals surface area contributed by atoms with Gasteiger partial charge in [-0.25, -0.2) is 9.79 Å². The van der Waals surface area contributed by atoms with Gasteiger partial charge in [-0.15, -0.1) is 0 Å². The highest BCUT2D eigenvalue weighted by Crippen LogP contribution is 2.38. The van der Waals surface area contributed by atoms with E-state index in [0.29, 0.717) is 46.8 Å². The lowest BCUT2D eigenvalue weighted by molar-refractivity contribution is 0.171. The van der Waals surface area contributed by atoms with Gasteiger partial charge in [-0.2, -0.15) is 0 Å². The fourth-order valence-corrected chi connectivity index (χ4v) is 6.46. The number of amidine groups is 1. The van der Waals surface area contributed by atoms with Crippen molar-refractivity contribution in [2.75, 3.05) is 33.7 Å². The van der Waals surface area contributed by atoms with E-state index < -0.39 is 6.03 Å². The second-order valence-corrected chi connectivity index (χ2v) is 15.0. The van der Waals surface area contributed by atoms with Crippen LogP contribution in [-0.2, 0) is 6.42 Å². The smallest absolute Gasteiger partial charge is 0.320 e. The molecule has 0 spiro atoms. The zero-order valence-electron chi connectivity index (χ0n) is 30.4. The number of hydrogen-bond acceptors (Lipinski definition) is 7. The summed E-state index contributed by atoms with van der Waals surface area (Å²) in [5.74, 6) is 1.22. The van der Waals surface area contributed by atoms with E-state index in [1.807, 2.05) is 82.2 Å². The highest BCUT2D eigenvalue weighted by molar-refractivity contribution is 6.31. The molecular formula is C39H52ClN9O2. The normalized spacial score (nSPS) is 18.3. The molecule has 1 saturated heterocycles. The van der Waals surface area contributed by atoms with Crippen LogP contribution in [0, 0.1) is 16.2 Å². The minimum Gasteiger partial charge on any atom is -0.484 e. The quantitative estimate of drug-likeness (QED) is 0.128. The number of nitrogens with one attached hydrogen (secondary N) is 4. The summed E-state index contributed by atoms with van der Waals surface area (Å²) in [7, 11) is 4.04. The number of nitrogens with two attached hydrogens (primary N) is 1. The molecule has 1 fully saturated rings. The summed E-state index contributed by atoms with van der Waals surface area (Å²) in [6.45, 7) is 8.51. The van der Waals surface area contributed by atoms with Crippen LogP contribution in [0.15, 0.2) is 77.6 Å². The summed E-state index contributed by atoms with van der Waals surface area (Å²) in [5, 5.41) is 24.0. The summed E-state index contributed by atoms with van der Waals surface area (Å²) in [6.07, 6.45) is 8.54. The number of piperidine rings is 1. The maximum absolute atomic E-state index is 13.6. The summed E-state index contributed by atoms with van der Waals surface area (Å²) < 4.78 is 8.10. The lowest BCUT2D eigenvalue weighted by atomic mass is 9.85. The number of allylic oxidation sites excluding steroid dienone is 1. The maximum Gasteiger partial charge on any atom is 0.320 e. The van der Waals surface area contributed by atoms with Gasteiger partial charge >= 0.3 is 6.03 Å². The first-order valence-electron chi connectivity index (χ1n) is 17.7. The Bertz CT molecular complexity index is 1840. The van der Waals surface area contributed by atoms with Gasteiger partial charge in [0.1, 0.15) is 23.2 Å². The molecule has 2 atom stereocenters. The number of hydrogen-bond donors (Lipinski definition) is 5. The molecule has 1 aliphatic heterocycles. The van der Waals surface area contributed by atoms with E-state index >= 15 is 0 Å². The van der Waals surface area contributed by atoms with Crippen LogP contribution in [0.5, 0.6) is 5.75 Å². The predicted molar refractivity (Wildman–Crippen MR) is 205 cm³/mol. The van der Waals surface area contributed by atoms with Crippen molar-refractivity contribution < 1.29 is 9.53 Å². The van der Waals surface area contributed by atoms with Gasteiger partial charge < -0.3 is 25.6 Å². The molecule has 51 heavy (non-hydrogen) atoms. The number of rotatable bonds is 8. The minimum absolute atomic E-state index is 0.236. The molecule has 272 valence electrons. The van der Waals surface area contributed by atoms with Gasteiger partial charge in [-0.05, 0) is 99.6 Å². The third-order valence-corrected chi connectivity index (χ3v) is 9.70. The number of pyridine rings is 1. The highest BCUT2D eigenvalue weighted by Gasteiger charge is 2.30. The SMILES string of the molecule is CN(C)CCc1cc(N=C(C=C(N)C(C)(C)C)NC(=O)N[C@H]2CC[C@@H](Oc3ccc(=N)n(C(=N)N4CCCCC4)c3)c3ccccc32)ccc1Cl. The fraction of sp³-hybridized carbons (Fsp3) is 0.436. The zero-order chi connectivity index (χ0) is 36.7. The van der Waals surface area contributed by atoms with Crippen molar-refractivity contribution in [2.24, 2.45) is 16.1 Å². The Morgan fingerprint density at radius 3 is 2.51 bits per heavy atom. The van der Waals surface area contributed by atoms with Crippen molar-refractivity contribution in [1.29, 1.82) is 10.8 Å². The number of benzene rings is 2. The topological polar surface area (TPSA) is 148 Å². The average molecular weight is 714 g/mol. The molecule has 1 aliphatic carbocycles. The van der Waals surface area contributed by atoms with Gasteiger partial charge in [0, 0.05) is 41.8 Å². The Labute approximate surface area is 306 Å². The van der Waals surface area contributed by atoms with Crippen LogP contribution in [0.1, 0.15) is 81.7 Å². The molecule has 6 N–H and O–H groups in total. The molecule has 0 bridgehead atoms. The van der Waals surface area contributed by atoms with Crippen molar-refractivity contribution >= 4 is 35.1 Å². The van der Waals surface area contributed by atoms with E-state index in [0.717, 1.165) is 55.6 Å². The number of aromatic nitrogens is 1. The maximum atomic E-state index is 13.6. The Morgan fingerprint density at radius 1 is 1.08 bits per heavy atom. The van der Waals surface area contributed by atoms with E-state index in [9.17, 15) is 4.79 Å². The van der Waals surface area contributed by atoms with Crippen LogP contribution in [0.3, 0.4) is 0 Å². The predicted octanol–water partition coefficient (Wildman–Crippen LogP) is 6.87. The third kappa shape index (κ3) is 10.0. The largest absolute Gasteiger partial charge is 0.484 e. The molecule has 0 saturated carbocycles. The number of fused-ring (bicyclic) bond motifs is 1. The molecule has 5 rings (SSSR count). The number of ether oxygens (including phenoxy) is 1. The van der Waals surface area contributed by atoms with E-state index in [1.54, 1.807) is 29.0 Å². The molecule has 2 aromatic carbocycles. The first-order valence-corrected chi connectivity index (χ1v) is 18.1. The number of halogens is 1. The van der Waals surface area contributed by atoms with Crippen LogP contribution in [-0.4, -0.2) is 65.9 Å². The molecule has 3 aromatic rings. The van der Waals surface area contributed by atoms with Crippen LogP contribution in [0.2, 0.25) is 5.02 Å². The van der Waals surface area contributed by atoms with Crippen molar-refractivity contribution in [3.63, 3.8) is 0 Å². The fourth-order valence-electron chi connectivity index (χ4n) is 6.25. The molecule has 12 heteroatoms. The lowest BCUT2D eigenvalue weighted by Gasteiger charge is -2.33. The monoisotopic (exact) mass is 713 g/mol. The van der Waals surface area contributed by atoms with Gasteiger partial charge in [0.15, 0.2) is 0 Å². The number of carbonyl (C=O) groups is 1. The number of nitrogens with zero attached hydrogens (tertiary/aromatic N) is 4. The second-order valence-electron chi connectivity index (χ2n) is 14.6. The van der Waals surface area contributed by atoms with Crippen molar-refractivity contribution in [3.05, 3.63) is 99.8 Å². The molecule has 11 nitrogen and oxygen atoms in total. The standard InChI is InChI=1S/C39H52ClN9O2/c1-39(2,3)34(41)24-36(44-27-13-15-31(40)26(23-27)19-22-47(4)5)46-38(50)45-32-16-17-33(30-12-8-7-11-29(30)32)51-28-14-18-35(42)49(25-28)37(43)48-20-9-6-10-21-48/h7-8,11-15,18,23-25,32-33,42-43H,6,9-10,16-17,19-22,41H2,1-5H3,(H2,44,45,46,50)/t32-,33+/m0/s1. The van der Waals surface area contributed by atoms with Crippen LogP contribution >= 0.6 is 11.6 Å². The molecule has 1 aromatic heterocycles. The Hall–Kier alpha value is -4.61. The first-order chi connectivity index (χ1) is 24.3. The first kappa shape index (κ1) is 37.6.